The van der Waals surface area contributed by atoms with Crippen molar-refractivity contribution in [1.29, 1.82) is 0 Å². The first-order chi connectivity index (χ1) is 10.1. The number of benzene rings is 1. The van der Waals surface area contributed by atoms with Crippen molar-refractivity contribution >= 4 is 27.0 Å². The maximum absolute atomic E-state index is 5.91. The lowest BCUT2D eigenvalue weighted by Crippen LogP contribution is -2.31. The summed E-state index contributed by atoms with van der Waals surface area (Å²) in [7, 11) is 0. The van der Waals surface area contributed by atoms with Gasteiger partial charge in [-0.25, -0.2) is 4.98 Å². The molecule has 0 bridgehead atoms. The van der Waals surface area contributed by atoms with Gasteiger partial charge in [-0.2, -0.15) is 0 Å². The molecule has 1 fully saturated rings. The normalized spacial score (nSPS) is 19.4. The van der Waals surface area contributed by atoms with Crippen molar-refractivity contribution in [2.24, 2.45) is 11.3 Å². The highest BCUT2D eigenvalue weighted by molar-refractivity contribution is 9.09. The zero-order valence-electron chi connectivity index (χ0n) is 12.9. The number of nitrogens with zero attached hydrogens (tertiary/aromatic N) is 1. The molecule has 3 rings (SSSR count). The maximum Gasteiger partial charge on any atom is 0.196 e. The zero-order valence-corrected chi connectivity index (χ0v) is 14.5. The van der Waals surface area contributed by atoms with E-state index in [1.54, 1.807) is 0 Å². The van der Waals surface area contributed by atoms with Crippen LogP contribution in [0.15, 0.2) is 28.7 Å². The first kappa shape index (κ1) is 15.1. The second-order valence-corrected chi connectivity index (χ2v) is 8.02. The largest absolute Gasteiger partial charge is 0.441 e. The van der Waals surface area contributed by atoms with Crippen LogP contribution < -0.4 is 0 Å². The third kappa shape index (κ3) is 3.18. The average Bonchev–Trinajstić information content (AvgIpc) is 3.04. The summed E-state index contributed by atoms with van der Waals surface area (Å²) in [6.07, 6.45) is 7.58. The SMILES string of the molecule is CC(C)CC1(C(Br)Cc2nc3ccccc3o2)CCCC1. The van der Waals surface area contributed by atoms with Crippen LogP contribution in [0, 0.1) is 11.3 Å². The summed E-state index contributed by atoms with van der Waals surface area (Å²) < 4.78 is 5.91. The monoisotopic (exact) mass is 349 g/mol. The highest BCUT2D eigenvalue weighted by Gasteiger charge is 2.40. The third-order valence-electron chi connectivity index (χ3n) is 4.77. The predicted octanol–water partition coefficient (Wildman–Crippen LogP) is 5.74. The molecule has 0 saturated heterocycles. The summed E-state index contributed by atoms with van der Waals surface area (Å²) in [6.45, 7) is 4.67. The average molecular weight is 350 g/mol. The minimum Gasteiger partial charge on any atom is -0.441 e. The second-order valence-electron chi connectivity index (χ2n) is 6.91. The van der Waals surface area contributed by atoms with Gasteiger partial charge < -0.3 is 4.42 Å². The van der Waals surface area contributed by atoms with Gasteiger partial charge >= 0.3 is 0 Å². The van der Waals surface area contributed by atoms with Gasteiger partial charge in [-0.3, -0.25) is 0 Å². The molecule has 1 aliphatic rings. The molecular formula is C18H24BrNO. The number of fused-ring (bicyclic) bond motifs is 1. The Bertz CT molecular complexity index is 565. The summed E-state index contributed by atoms with van der Waals surface area (Å²) >= 11 is 3.98. The van der Waals surface area contributed by atoms with Gasteiger partial charge in [0.1, 0.15) is 5.52 Å². The van der Waals surface area contributed by atoms with E-state index in [-0.39, 0.29) is 0 Å². The lowest BCUT2D eigenvalue weighted by Gasteiger charge is -2.35. The highest BCUT2D eigenvalue weighted by Crippen LogP contribution is 2.49. The van der Waals surface area contributed by atoms with Gasteiger partial charge in [0, 0.05) is 11.2 Å². The van der Waals surface area contributed by atoms with E-state index in [4.69, 9.17) is 4.42 Å². The van der Waals surface area contributed by atoms with Crippen LogP contribution in [0.25, 0.3) is 11.1 Å². The van der Waals surface area contributed by atoms with Crippen LogP contribution in [0.4, 0.5) is 0 Å². The van der Waals surface area contributed by atoms with Crippen molar-refractivity contribution in [1.82, 2.24) is 4.98 Å². The van der Waals surface area contributed by atoms with Gasteiger partial charge in [-0.05, 0) is 42.7 Å². The fourth-order valence-corrected chi connectivity index (χ4v) is 4.84. The van der Waals surface area contributed by atoms with Gasteiger partial charge in [0.05, 0.1) is 0 Å². The summed E-state index contributed by atoms with van der Waals surface area (Å²) in [5.74, 6) is 1.61. The van der Waals surface area contributed by atoms with E-state index in [0.717, 1.165) is 29.3 Å². The third-order valence-corrected chi connectivity index (χ3v) is 6.07. The Morgan fingerprint density at radius 1 is 1.24 bits per heavy atom. The molecule has 1 saturated carbocycles. The van der Waals surface area contributed by atoms with E-state index in [1.165, 1.54) is 32.1 Å². The number of aromatic nitrogens is 1. The van der Waals surface area contributed by atoms with Crippen molar-refractivity contribution < 1.29 is 4.42 Å². The molecule has 114 valence electrons. The molecular weight excluding hydrogens is 326 g/mol. The van der Waals surface area contributed by atoms with Crippen molar-refractivity contribution in [2.45, 2.75) is 57.2 Å². The summed E-state index contributed by atoms with van der Waals surface area (Å²) in [5, 5.41) is 0. The van der Waals surface area contributed by atoms with Gasteiger partial charge in [0.2, 0.25) is 0 Å². The zero-order chi connectivity index (χ0) is 14.9. The number of hydrogen-bond acceptors (Lipinski definition) is 2. The standard InChI is InChI=1S/C18H24BrNO/c1-13(2)12-18(9-5-6-10-18)16(19)11-17-20-14-7-3-4-8-15(14)21-17/h3-4,7-8,13,16H,5-6,9-12H2,1-2H3. The van der Waals surface area contributed by atoms with E-state index in [1.807, 2.05) is 24.3 Å². The molecule has 0 radical (unpaired) electrons. The molecule has 2 aromatic rings. The van der Waals surface area contributed by atoms with Crippen LogP contribution in [0.1, 0.15) is 51.8 Å². The van der Waals surface area contributed by atoms with Gasteiger partial charge in [-0.1, -0.05) is 54.8 Å². The van der Waals surface area contributed by atoms with Crippen LogP contribution >= 0.6 is 15.9 Å². The molecule has 2 nitrogen and oxygen atoms in total. The van der Waals surface area contributed by atoms with Crippen LogP contribution in [-0.2, 0) is 6.42 Å². The highest BCUT2D eigenvalue weighted by atomic mass is 79.9. The first-order valence-electron chi connectivity index (χ1n) is 8.08. The number of halogens is 1. The van der Waals surface area contributed by atoms with Crippen LogP contribution in [-0.4, -0.2) is 9.81 Å². The van der Waals surface area contributed by atoms with Gasteiger partial charge in [0.25, 0.3) is 0 Å². The number of hydrogen-bond donors (Lipinski definition) is 0. The molecule has 0 aliphatic heterocycles. The lowest BCUT2D eigenvalue weighted by atomic mass is 9.75. The number of alkyl halides is 1. The molecule has 0 amide bonds. The van der Waals surface area contributed by atoms with E-state index in [0.29, 0.717) is 10.2 Å². The molecule has 0 spiro atoms. The van der Waals surface area contributed by atoms with Gasteiger partial charge in [-0.15, -0.1) is 0 Å². The quantitative estimate of drug-likeness (QED) is 0.643. The second kappa shape index (κ2) is 6.12. The molecule has 21 heavy (non-hydrogen) atoms. The summed E-state index contributed by atoms with van der Waals surface area (Å²) in [5.41, 5.74) is 2.29. The molecule has 1 unspecified atom stereocenters. The van der Waals surface area contributed by atoms with Crippen LogP contribution in [0.2, 0.25) is 0 Å². The minimum atomic E-state index is 0.425. The van der Waals surface area contributed by atoms with Crippen LogP contribution in [0.5, 0.6) is 0 Å². The van der Waals surface area contributed by atoms with E-state index >= 15 is 0 Å². The Kier molecular flexibility index (Phi) is 4.39. The van der Waals surface area contributed by atoms with Gasteiger partial charge in [0.15, 0.2) is 11.5 Å². The molecule has 1 aliphatic carbocycles. The molecule has 3 heteroatoms. The molecule has 1 atom stereocenters. The Morgan fingerprint density at radius 2 is 1.95 bits per heavy atom. The Hall–Kier alpha value is -0.830. The number of rotatable bonds is 5. The number of para-hydroxylation sites is 2. The summed E-state index contributed by atoms with van der Waals surface area (Å²) in [6, 6.07) is 8.02. The van der Waals surface area contributed by atoms with Crippen molar-refractivity contribution in [3.05, 3.63) is 30.2 Å². The molecule has 1 heterocycles. The molecule has 1 aromatic carbocycles. The smallest absolute Gasteiger partial charge is 0.196 e. The van der Waals surface area contributed by atoms with E-state index in [2.05, 4.69) is 34.8 Å². The summed E-state index contributed by atoms with van der Waals surface area (Å²) in [4.78, 5) is 5.10. The maximum atomic E-state index is 5.91. The molecule has 1 aromatic heterocycles. The fraction of sp³-hybridized carbons (Fsp3) is 0.611. The van der Waals surface area contributed by atoms with E-state index < -0.39 is 0 Å². The number of oxazole rings is 1. The van der Waals surface area contributed by atoms with Crippen molar-refractivity contribution in [2.75, 3.05) is 0 Å². The predicted molar refractivity (Wildman–Crippen MR) is 90.8 cm³/mol. The Balaban J connectivity index is 1.78. The van der Waals surface area contributed by atoms with E-state index in [9.17, 15) is 0 Å². The first-order valence-corrected chi connectivity index (χ1v) is 8.99. The lowest BCUT2D eigenvalue weighted by molar-refractivity contribution is 0.223. The molecule has 0 N–H and O–H groups in total. The van der Waals surface area contributed by atoms with Crippen molar-refractivity contribution in [3.63, 3.8) is 0 Å². The minimum absolute atomic E-state index is 0.425. The Labute approximate surface area is 135 Å². The van der Waals surface area contributed by atoms with Crippen molar-refractivity contribution in [3.8, 4) is 0 Å². The fourth-order valence-electron chi connectivity index (χ4n) is 3.91. The van der Waals surface area contributed by atoms with Crippen LogP contribution in [0.3, 0.4) is 0 Å². The Morgan fingerprint density at radius 3 is 2.62 bits per heavy atom. The topological polar surface area (TPSA) is 26.0 Å².